The second-order valence-electron chi connectivity index (χ2n) is 6.95. The van der Waals surface area contributed by atoms with E-state index in [2.05, 4.69) is 12.1 Å². The SMILES string of the molecule is O=c1cc(SCCCCCCO)c2ccc(SC3CCCCC3)cc2o1. The monoisotopic (exact) mass is 392 g/mol. The van der Waals surface area contributed by atoms with Gasteiger partial charge in [0.05, 0.1) is 0 Å². The molecule has 0 amide bonds. The number of unbranched alkanes of at least 4 members (excludes halogenated alkanes) is 3. The predicted molar refractivity (Wildman–Crippen MR) is 111 cm³/mol. The van der Waals surface area contributed by atoms with Crippen LogP contribution < -0.4 is 5.63 Å². The van der Waals surface area contributed by atoms with E-state index in [1.165, 1.54) is 37.0 Å². The lowest BCUT2D eigenvalue weighted by Crippen LogP contribution is -2.07. The van der Waals surface area contributed by atoms with E-state index >= 15 is 0 Å². The molecule has 5 heteroatoms. The topological polar surface area (TPSA) is 50.4 Å². The molecule has 1 heterocycles. The van der Waals surface area contributed by atoms with Crippen molar-refractivity contribution >= 4 is 34.5 Å². The van der Waals surface area contributed by atoms with Crippen LogP contribution >= 0.6 is 23.5 Å². The molecule has 0 spiro atoms. The van der Waals surface area contributed by atoms with Crippen molar-refractivity contribution in [3.63, 3.8) is 0 Å². The number of hydrogen-bond donors (Lipinski definition) is 1. The van der Waals surface area contributed by atoms with Crippen LogP contribution in [0.5, 0.6) is 0 Å². The molecule has 0 aliphatic heterocycles. The van der Waals surface area contributed by atoms with Crippen LogP contribution in [0.3, 0.4) is 0 Å². The fourth-order valence-corrected chi connectivity index (χ4v) is 5.78. The van der Waals surface area contributed by atoms with Crippen LogP contribution in [-0.2, 0) is 0 Å². The van der Waals surface area contributed by atoms with Crippen LogP contribution in [-0.4, -0.2) is 22.7 Å². The summed E-state index contributed by atoms with van der Waals surface area (Å²) in [5, 5.41) is 10.6. The molecule has 1 aromatic carbocycles. The van der Waals surface area contributed by atoms with E-state index in [0.717, 1.165) is 41.7 Å². The fourth-order valence-electron chi connectivity index (χ4n) is 3.43. The molecule has 2 aromatic rings. The average Bonchev–Trinajstić information content (AvgIpc) is 2.65. The lowest BCUT2D eigenvalue weighted by molar-refractivity contribution is 0.283. The van der Waals surface area contributed by atoms with Crippen molar-refractivity contribution < 1.29 is 9.52 Å². The minimum atomic E-state index is -0.264. The van der Waals surface area contributed by atoms with Crippen molar-refractivity contribution in [2.24, 2.45) is 0 Å². The van der Waals surface area contributed by atoms with Gasteiger partial charge in [-0.05, 0) is 49.6 Å². The Labute approximate surface area is 163 Å². The van der Waals surface area contributed by atoms with E-state index in [9.17, 15) is 4.79 Å². The molecule has 0 saturated heterocycles. The molecule has 3 nitrogen and oxygen atoms in total. The Morgan fingerprint density at radius 2 is 1.85 bits per heavy atom. The number of rotatable bonds is 9. The van der Waals surface area contributed by atoms with Crippen molar-refractivity contribution in [1.29, 1.82) is 0 Å². The third-order valence-corrected chi connectivity index (χ3v) is 7.32. The fraction of sp³-hybridized carbons (Fsp3) is 0.571. The van der Waals surface area contributed by atoms with Crippen LogP contribution in [0.4, 0.5) is 0 Å². The smallest absolute Gasteiger partial charge is 0.337 e. The van der Waals surface area contributed by atoms with Crippen molar-refractivity contribution in [1.82, 2.24) is 0 Å². The first-order valence-electron chi connectivity index (χ1n) is 9.74. The number of fused-ring (bicyclic) bond motifs is 1. The van der Waals surface area contributed by atoms with Gasteiger partial charge in [0, 0.05) is 33.1 Å². The largest absolute Gasteiger partial charge is 0.423 e. The summed E-state index contributed by atoms with van der Waals surface area (Å²) in [7, 11) is 0. The summed E-state index contributed by atoms with van der Waals surface area (Å²) in [5.41, 5.74) is 0.446. The van der Waals surface area contributed by atoms with E-state index in [4.69, 9.17) is 9.52 Å². The quantitative estimate of drug-likeness (QED) is 0.329. The first kappa shape index (κ1) is 19.8. The van der Waals surface area contributed by atoms with E-state index in [0.29, 0.717) is 10.8 Å². The first-order chi connectivity index (χ1) is 12.8. The second-order valence-corrected chi connectivity index (χ2v) is 9.46. The summed E-state index contributed by atoms with van der Waals surface area (Å²) in [6, 6.07) is 7.94. The molecular formula is C21H28O3S2. The van der Waals surface area contributed by atoms with Gasteiger partial charge < -0.3 is 9.52 Å². The van der Waals surface area contributed by atoms with Gasteiger partial charge in [0.25, 0.3) is 0 Å². The molecule has 142 valence electrons. The maximum absolute atomic E-state index is 12.0. The lowest BCUT2D eigenvalue weighted by Gasteiger charge is -2.21. The molecule has 1 fully saturated rings. The minimum Gasteiger partial charge on any atom is -0.423 e. The second kappa shape index (κ2) is 10.4. The zero-order valence-corrected chi connectivity index (χ0v) is 16.9. The summed E-state index contributed by atoms with van der Waals surface area (Å²) < 4.78 is 5.48. The van der Waals surface area contributed by atoms with E-state index in [-0.39, 0.29) is 12.2 Å². The summed E-state index contributed by atoms with van der Waals surface area (Å²) >= 11 is 3.67. The Morgan fingerprint density at radius 3 is 2.65 bits per heavy atom. The molecule has 1 N–H and O–H groups in total. The third-order valence-electron chi connectivity index (χ3n) is 4.84. The van der Waals surface area contributed by atoms with Crippen molar-refractivity contribution in [2.45, 2.75) is 72.8 Å². The molecule has 1 aliphatic rings. The summed E-state index contributed by atoms with van der Waals surface area (Å²) in [4.78, 5) is 14.2. The van der Waals surface area contributed by atoms with Gasteiger partial charge in [-0.2, -0.15) is 0 Å². The van der Waals surface area contributed by atoms with E-state index in [1.54, 1.807) is 17.8 Å². The molecule has 3 rings (SSSR count). The Hall–Kier alpha value is -0.910. The van der Waals surface area contributed by atoms with Crippen LogP contribution in [0.1, 0.15) is 57.8 Å². The molecular weight excluding hydrogens is 364 g/mol. The van der Waals surface area contributed by atoms with Gasteiger partial charge in [-0.1, -0.05) is 32.1 Å². The van der Waals surface area contributed by atoms with Crippen LogP contribution in [0.2, 0.25) is 0 Å². The standard InChI is InChI=1S/C21H28O3S2/c22-12-6-1-2-7-13-25-20-15-21(23)24-19-14-17(10-11-18(19)20)26-16-8-4-3-5-9-16/h10-11,14-16,22H,1-9,12-13H2. The number of thioether (sulfide) groups is 2. The maximum Gasteiger partial charge on any atom is 0.337 e. The zero-order chi connectivity index (χ0) is 18.2. The highest BCUT2D eigenvalue weighted by Gasteiger charge is 2.15. The van der Waals surface area contributed by atoms with Gasteiger partial charge >= 0.3 is 5.63 Å². The predicted octanol–water partition coefficient (Wildman–Crippen LogP) is 5.86. The van der Waals surface area contributed by atoms with Gasteiger partial charge in [0.15, 0.2) is 0 Å². The third kappa shape index (κ3) is 5.80. The molecule has 1 saturated carbocycles. The highest BCUT2D eigenvalue weighted by atomic mass is 32.2. The van der Waals surface area contributed by atoms with Gasteiger partial charge in [0.1, 0.15) is 5.58 Å². The van der Waals surface area contributed by atoms with Crippen LogP contribution in [0.15, 0.2) is 43.3 Å². The zero-order valence-electron chi connectivity index (χ0n) is 15.2. The van der Waals surface area contributed by atoms with Gasteiger partial charge in [-0.15, -0.1) is 23.5 Å². The van der Waals surface area contributed by atoms with E-state index in [1.807, 2.05) is 17.8 Å². The van der Waals surface area contributed by atoms with Crippen molar-refractivity contribution in [3.8, 4) is 0 Å². The molecule has 1 aliphatic carbocycles. The van der Waals surface area contributed by atoms with Crippen molar-refractivity contribution in [3.05, 3.63) is 34.7 Å². The van der Waals surface area contributed by atoms with Gasteiger partial charge in [-0.25, -0.2) is 4.79 Å². The average molecular weight is 393 g/mol. The molecule has 0 bridgehead atoms. The number of aliphatic hydroxyl groups excluding tert-OH is 1. The normalized spacial score (nSPS) is 15.6. The first-order valence-corrected chi connectivity index (χ1v) is 11.6. The Kier molecular flexibility index (Phi) is 7.96. The highest BCUT2D eigenvalue weighted by molar-refractivity contribution is 8.00. The highest BCUT2D eigenvalue weighted by Crippen LogP contribution is 2.36. The molecule has 0 atom stereocenters. The summed E-state index contributed by atoms with van der Waals surface area (Å²) in [6.45, 7) is 0.277. The molecule has 1 aromatic heterocycles. The number of benzene rings is 1. The number of aliphatic hydroxyl groups is 1. The molecule has 26 heavy (non-hydrogen) atoms. The Morgan fingerprint density at radius 1 is 1.04 bits per heavy atom. The summed E-state index contributed by atoms with van der Waals surface area (Å²) in [5.74, 6) is 0.989. The van der Waals surface area contributed by atoms with Gasteiger partial charge in [-0.3, -0.25) is 0 Å². The molecule has 0 unspecified atom stereocenters. The number of hydrogen-bond acceptors (Lipinski definition) is 5. The van der Waals surface area contributed by atoms with Crippen molar-refractivity contribution in [2.75, 3.05) is 12.4 Å². The van der Waals surface area contributed by atoms with Crippen LogP contribution in [0.25, 0.3) is 11.0 Å². The maximum atomic E-state index is 12.0. The lowest BCUT2D eigenvalue weighted by atomic mass is 10.0. The van der Waals surface area contributed by atoms with Gasteiger partial charge in [0.2, 0.25) is 0 Å². The van der Waals surface area contributed by atoms with E-state index < -0.39 is 0 Å². The minimum absolute atomic E-state index is 0.264. The Balaban J connectivity index is 1.66. The molecule has 0 radical (unpaired) electrons. The van der Waals surface area contributed by atoms with Crippen LogP contribution in [0, 0.1) is 0 Å². The Bertz CT molecular complexity index is 750. The summed E-state index contributed by atoms with van der Waals surface area (Å²) in [6.07, 6.45) is 10.8.